The Hall–Kier alpha value is -1.69. The fraction of sp³-hybridized carbons (Fsp3) is 0.611. The predicted molar refractivity (Wildman–Crippen MR) is 92.5 cm³/mol. The molecule has 0 spiro atoms. The monoisotopic (exact) mass is 345 g/mol. The van der Waals surface area contributed by atoms with E-state index < -0.39 is 0 Å². The zero-order chi connectivity index (χ0) is 16.7. The van der Waals surface area contributed by atoms with Crippen molar-refractivity contribution in [3.63, 3.8) is 0 Å². The molecule has 4 aliphatic carbocycles. The molecule has 4 bridgehead atoms. The van der Waals surface area contributed by atoms with Gasteiger partial charge in [-0.25, -0.2) is 0 Å². The molecular weight excluding hydrogens is 322 g/mol. The number of nitrogens with one attached hydrogen (secondary N) is 3. The third-order valence-corrected chi connectivity index (χ3v) is 6.42. The number of amides is 2. The van der Waals surface area contributed by atoms with Crippen molar-refractivity contribution in [3.8, 4) is 0 Å². The van der Waals surface area contributed by atoms with Crippen molar-refractivity contribution >= 4 is 24.0 Å². The topological polar surface area (TPSA) is 74.0 Å². The Balaban J connectivity index is 1.35. The van der Waals surface area contributed by atoms with Gasteiger partial charge in [0.1, 0.15) is 4.64 Å². The summed E-state index contributed by atoms with van der Waals surface area (Å²) >= 11 is 5.08. The molecule has 0 atom stereocenters. The molecule has 24 heavy (non-hydrogen) atoms. The second kappa shape index (κ2) is 5.99. The average molecular weight is 345 g/mol. The first-order valence-electron chi connectivity index (χ1n) is 8.80. The van der Waals surface area contributed by atoms with Crippen LogP contribution in [0.15, 0.2) is 18.3 Å². The summed E-state index contributed by atoms with van der Waals surface area (Å²) in [6.07, 6.45) is 9.85. The van der Waals surface area contributed by atoms with Gasteiger partial charge in [-0.15, -0.1) is 0 Å². The third-order valence-electron chi connectivity index (χ3n) is 6.08. The van der Waals surface area contributed by atoms with Crippen LogP contribution >= 0.6 is 12.2 Å². The minimum absolute atomic E-state index is 0.0869. The maximum absolute atomic E-state index is 12.4. The molecule has 3 N–H and O–H groups in total. The minimum Gasteiger partial charge on any atom is -0.352 e. The normalized spacial score (nSPS) is 33.2. The van der Waals surface area contributed by atoms with Crippen LogP contribution in [0.1, 0.15) is 55.3 Å². The van der Waals surface area contributed by atoms with Gasteiger partial charge < -0.3 is 4.98 Å². The number of carbonyl (C=O) groups excluding carboxylic acids is 2. The van der Waals surface area contributed by atoms with Gasteiger partial charge in [0.15, 0.2) is 0 Å². The number of H-pyrrole nitrogens is 1. The zero-order valence-electron chi connectivity index (χ0n) is 13.6. The van der Waals surface area contributed by atoms with Crippen LogP contribution in [-0.4, -0.2) is 16.8 Å². The van der Waals surface area contributed by atoms with E-state index in [0.29, 0.717) is 16.6 Å². The molecule has 6 heteroatoms. The number of hydrogen-bond acceptors (Lipinski definition) is 3. The Morgan fingerprint density at radius 2 is 1.75 bits per heavy atom. The molecule has 0 saturated heterocycles. The molecule has 1 aromatic heterocycles. The maximum atomic E-state index is 12.4. The van der Waals surface area contributed by atoms with E-state index in [9.17, 15) is 9.59 Å². The molecule has 4 fully saturated rings. The van der Waals surface area contributed by atoms with Gasteiger partial charge in [0.25, 0.3) is 5.91 Å². The van der Waals surface area contributed by atoms with Crippen LogP contribution in [0.2, 0.25) is 0 Å². The van der Waals surface area contributed by atoms with Crippen LogP contribution in [0, 0.1) is 27.8 Å². The molecule has 5 nitrogen and oxygen atoms in total. The maximum Gasteiger partial charge on any atom is 0.272 e. The summed E-state index contributed by atoms with van der Waals surface area (Å²) in [7, 11) is 0. The van der Waals surface area contributed by atoms with Crippen molar-refractivity contribution in [3.05, 3.63) is 28.5 Å². The predicted octanol–water partition coefficient (Wildman–Crippen LogP) is 3.11. The molecule has 0 aromatic carbocycles. The highest BCUT2D eigenvalue weighted by atomic mass is 32.1. The lowest BCUT2D eigenvalue weighted by Crippen LogP contribution is -2.50. The van der Waals surface area contributed by atoms with Crippen molar-refractivity contribution in [1.82, 2.24) is 15.8 Å². The lowest BCUT2D eigenvalue weighted by atomic mass is 9.49. The van der Waals surface area contributed by atoms with Crippen LogP contribution < -0.4 is 10.9 Å². The molecule has 1 aromatic rings. The van der Waals surface area contributed by atoms with E-state index in [-0.39, 0.29) is 17.2 Å². The van der Waals surface area contributed by atoms with Gasteiger partial charge in [0, 0.05) is 12.6 Å². The first kappa shape index (κ1) is 15.8. The summed E-state index contributed by atoms with van der Waals surface area (Å²) in [5.74, 6) is 2.00. The summed E-state index contributed by atoms with van der Waals surface area (Å²) in [5.41, 5.74) is 5.62. The Morgan fingerprint density at radius 3 is 2.33 bits per heavy atom. The van der Waals surface area contributed by atoms with Gasteiger partial charge >= 0.3 is 0 Å². The Bertz CT molecular complexity index is 692. The molecule has 2 amide bonds. The van der Waals surface area contributed by atoms with Crippen molar-refractivity contribution in [2.24, 2.45) is 23.2 Å². The van der Waals surface area contributed by atoms with E-state index in [1.807, 2.05) is 0 Å². The van der Waals surface area contributed by atoms with Crippen molar-refractivity contribution in [1.29, 1.82) is 0 Å². The summed E-state index contributed by atoms with van der Waals surface area (Å²) < 4.78 is 0.366. The SMILES string of the molecule is O=C(CC12CC3CC(CC(C3)C1)C2)NNC(=O)c1ccc[nH]c1=S. The summed E-state index contributed by atoms with van der Waals surface area (Å²) in [4.78, 5) is 27.3. The number of aromatic amines is 1. The number of pyridine rings is 1. The number of carbonyl (C=O) groups is 2. The Labute approximate surface area is 146 Å². The van der Waals surface area contributed by atoms with E-state index in [0.717, 1.165) is 17.8 Å². The lowest BCUT2D eigenvalue weighted by molar-refractivity contribution is -0.130. The van der Waals surface area contributed by atoms with Crippen molar-refractivity contribution < 1.29 is 9.59 Å². The number of hydrazine groups is 1. The largest absolute Gasteiger partial charge is 0.352 e. The van der Waals surface area contributed by atoms with Crippen LogP contribution in [0.25, 0.3) is 0 Å². The number of aromatic nitrogens is 1. The summed E-state index contributed by atoms with van der Waals surface area (Å²) in [6.45, 7) is 0. The van der Waals surface area contributed by atoms with E-state index in [1.54, 1.807) is 18.3 Å². The second-order valence-corrected chi connectivity index (χ2v) is 8.42. The molecule has 5 rings (SSSR count). The second-order valence-electron chi connectivity index (χ2n) is 8.01. The molecule has 128 valence electrons. The summed E-state index contributed by atoms with van der Waals surface area (Å²) in [6, 6.07) is 3.35. The van der Waals surface area contributed by atoms with E-state index >= 15 is 0 Å². The molecule has 1 heterocycles. The first-order chi connectivity index (χ1) is 11.5. The van der Waals surface area contributed by atoms with Gasteiger partial charge in [-0.3, -0.25) is 20.4 Å². The van der Waals surface area contributed by atoms with Gasteiger partial charge in [-0.1, -0.05) is 12.2 Å². The molecule has 0 unspecified atom stereocenters. The fourth-order valence-electron chi connectivity index (χ4n) is 5.69. The van der Waals surface area contributed by atoms with Crippen LogP contribution in [0.3, 0.4) is 0 Å². The summed E-state index contributed by atoms with van der Waals surface area (Å²) in [5, 5.41) is 0. The third kappa shape index (κ3) is 2.99. The van der Waals surface area contributed by atoms with Crippen molar-refractivity contribution in [2.45, 2.75) is 44.9 Å². The first-order valence-corrected chi connectivity index (χ1v) is 9.21. The molecule has 0 radical (unpaired) electrons. The van der Waals surface area contributed by atoms with Crippen LogP contribution in [0.4, 0.5) is 0 Å². The molecule has 0 aliphatic heterocycles. The van der Waals surface area contributed by atoms with E-state index in [4.69, 9.17) is 12.2 Å². The van der Waals surface area contributed by atoms with E-state index in [2.05, 4.69) is 15.8 Å². The smallest absolute Gasteiger partial charge is 0.272 e. The van der Waals surface area contributed by atoms with Crippen molar-refractivity contribution in [2.75, 3.05) is 0 Å². The Morgan fingerprint density at radius 1 is 1.12 bits per heavy atom. The van der Waals surface area contributed by atoms with Gasteiger partial charge in [-0.2, -0.15) is 0 Å². The zero-order valence-corrected chi connectivity index (χ0v) is 14.5. The van der Waals surface area contributed by atoms with E-state index in [1.165, 1.54) is 38.5 Å². The lowest BCUT2D eigenvalue weighted by Gasteiger charge is -2.56. The number of hydrogen-bond donors (Lipinski definition) is 3. The highest BCUT2D eigenvalue weighted by Crippen LogP contribution is 2.61. The highest BCUT2D eigenvalue weighted by Gasteiger charge is 2.51. The Kier molecular flexibility index (Phi) is 3.95. The fourth-order valence-corrected chi connectivity index (χ4v) is 5.91. The van der Waals surface area contributed by atoms with Gasteiger partial charge in [0.05, 0.1) is 5.56 Å². The quantitative estimate of drug-likeness (QED) is 0.582. The highest BCUT2D eigenvalue weighted by molar-refractivity contribution is 7.71. The minimum atomic E-state index is -0.379. The van der Waals surface area contributed by atoms with Crippen LogP contribution in [-0.2, 0) is 4.79 Å². The standard InChI is InChI=1S/C18H23N3O2S/c22-15(20-21-16(23)14-2-1-3-19-17(14)24)10-18-7-11-4-12(8-18)6-13(5-11)9-18/h1-3,11-13H,4-10H2,(H,19,24)(H,20,22)(H,21,23). The molecule has 4 saturated carbocycles. The molecule has 4 aliphatic rings. The van der Waals surface area contributed by atoms with Gasteiger partial charge in [0.2, 0.25) is 5.91 Å². The number of rotatable bonds is 3. The average Bonchev–Trinajstić information content (AvgIpc) is 2.51. The molecular formula is C18H23N3O2S. The van der Waals surface area contributed by atoms with Crippen LogP contribution in [0.5, 0.6) is 0 Å². The van der Waals surface area contributed by atoms with Gasteiger partial charge in [-0.05, 0) is 73.8 Å².